The SMILES string of the molecule is Cl.Nc1cn(-c2ccc(C(F)(F)F)cn2)nc1Cl. The lowest BCUT2D eigenvalue weighted by atomic mass is 10.3. The smallest absolute Gasteiger partial charge is 0.395 e. The van der Waals surface area contributed by atoms with Crippen molar-refractivity contribution < 1.29 is 13.2 Å². The third kappa shape index (κ3) is 2.85. The van der Waals surface area contributed by atoms with Crippen molar-refractivity contribution >= 4 is 29.7 Å². The fraction of sp³-hybridized carbons (Fsp3) is 0.111. The highest BCUT2D eigenvalue weighted by atomic mass is 35.5. The summed E-state index contributed by atoms with van der Waals surface area (Å²) in [6.45, 7) is 0. The van der Waals surface area contributed by atoms with Crippen molar-refractivity contribution in [2.45, 2.75) is 6.18 Å². The second-order valence-electron chi connectivity index (χ2n) is 3.22. The molecule has 98 valence electrons. The normalized spacial score (nSPS) is 11.1. The maximum absolute atomic E-state index is 12.3. The zero-order chi connectivity index (χ0) is 12.6. The van der Waals surface area contributed by atoms with E-state index in [0.29, 0.717) is 0 Å². The van der Waals surface area contributed by atoms with E-state index in [2.05, 4.69) is 10.1 Å². The van der Waals surface area contributed by atoms with Crippen LogP contribution in [0.25, 0.3) is 5.82 Å². The summed E-state index contributed by atoms with van der Waals surface area (Å²) in [6, 6.07) is 2.10. The van der Waals surface area contributed by atoms with E-state index in [1.807, 2.05) is 0 Å². The van der Waals surface area contributed by atoms with E-state index in [-0.39, 0.29) is 29.1 Å². The molecule has 0 amide bonds. The minimum atomic E-state index is -4.41. The van der Waals surface area contributed by atoms with Crippen molar-refractivity contribution in [3.05, 3.63) is 35.2 Å². The number of hydrogen-bond donors (Lipinski definition) is 1. The van der Waals surface area contributed by atoms with Gasteiger partial charge in [0, 0.05) is 6.20 Å². The number of halogens is 5. The molecular weight excluding hydrogens is 292 g/mol. The minimum absolute atomic E-state index is 0. The fourth-order valence-electron chi connectivity index (χ4n) is 1.17. The summed E-state index contributed by atoms with van der Waals surface area (Å²) in [4.78, 5) is 3.64. The van der Waals surface area contributed by atoms with Gasteiger partial charge in [0.15, 0.2) is 11.0 Å². The summed E-state index contributed by atoms with van der Waals surface area (Å²) >= 11 is 5.62. The maximum Gasteiger partial charge on any atom is 0.417 e. The summed E-state index contributed by atoms with van der Waals surface area (Å²) in [7, 11) is 0. The van der Waals surface area contributed by atoms with Crippen LogP contribution in [0, 0.1) is 0 Å². The molecule has 2 rings (SSSR count). The molecule has 0 fully saturated rings. The zero-order valence-corrected chi connectivity index (χ0v) is 10.2. The number of aromatic nitrogens is 3. The standard InChI is InChI=1S/C9H6ClF3N4.ClH/c10-8-6(14)4-17(16-8)7-2-1-5(3-15-7)9(11,12)13;/h1-4H,14H2;1H. The van der Waals surface area contributed by atoms with Crippen molar-refractivity contribution in [2.75, 3.05) is 5.73 Å². The number of rotatable bonds is 1. The minimum Gasteiger partial charge on any atom is -0.395 e. The van der Waals surface area contributed by atoms with Crippen LogP contribution >= 0.6 is 24.0 Å². The third-order valence-corrected chi connectivity index (χ3v) is 2.30. The maximum atomic E-state index is 12.3. The predicted octanol–water partition coefficient (Wildman–Crippen LogP) is 2.94. The highest BCUT2D eigenvalue weighted by molar-refractivity contribution is 6.31. The lowest BCUT2D eigenvalue weighted by Gasteiger charge is -2.06. The van der Waals surface area contributed by atoms with Gasteiger partial charge < -0.3 is 5.73 Å². The molecule has 0 radical (unpaired) electrons. The van der Waals surface area contributed by atoms with Crippen LogP contribution in [0.2, 0.25) is 5.15 Å². The van der Waals surface area contributed by atoms with Crippen LogP contribution < -0.4 is 5.73 Å². The first-order valence-corrected chi connectivity index (χ1v) is 4.80. The van der Waals surface area contributed by atoms with Crippen LogP contribution in [0.5, 0.6) is 0 Å². The van der Waals surface area contributed by atoms with Crippen molar-refractivity contribution in [2.24, 2.45) is 0 Å². The molecule has 0 aliphatic rings. The quantitative estimate of drug-likeness (QED) is 0.880. The molecule has 0 bridgehead atoms. The first-order chi connectivity index (χ1) is 7.88. The number of nitrogens with zero attached hydrogens (tertiary/aromatic N) is 3. The lowest BCUT2D eigenvalue weighted by Crippen LogP contribution is -2.06. The Labute approximate surface area is 111 Å². The van der Waals surface area contributed by atoms with E-state index in [1.165, 1.54) is 16.9 Å². The van der Waals surface area contributed by atoms with E-state index in [4.69, 9.17) is 17.3 Å². The van der Waals surface area contributed by atoms with Crippen LogP contribution in [0.1, 0.15) is 5.56 Å². The number of pyridine rings is 1. The molecule has 0 unspecified atom stereocenters. The molecule has 0 aliphatic heterocycles. The molecule has 0 aliphatic carbocycles. The summed E-state index contributed by atoms with van der Waals surface area (Å²) in [5.74, 6) is 0.205. The van der Waals surface area contributed by atoms with Crippen molar-refractivity contribution in [1.29, 1.82) is 0 Å². The monoisotopic (exact) mass is 298 g/mol. The van der Waals surface area contributed by atoms with Crippen LogP contribution in [0.15, 0.2) is 24.5 Å². The average molecular weight is 299 g/mol. The van der Waals surface area contributed by atoms with Gasteiger partial charge in [0.25, 0.3) is 0 Å². The zero-order valence-electron chi connectivity index (χ0n) is 8.65. The molecule has 0 spiro atoms. The van der Waals surface area contributed by atoms with Gasteiger partial charge in [-0.2, -0.15) is 18.3 Å². The van der Waals surface area contributed by atoms with Gasteiger partial charge in [-0.15, -0.1) is 12.4 Å². The first kappa shape index (κ1) is 14.6. The molecule has 2 heterocycles. The Kier molecular flexibility index (Phi) is 4.08. The van der Waals surface area contributed by atoms with E-state index in [9.17, 15) is 13.2 Å². The van der Waals surface area contributed by atoms with Crippen molar-refractivity contribution in [3.63, 3.8) is 0 Å². The molecule has 18 heavy (non-hydrogen) atoms. The Morgan fingerprint density at radius 1 is 1.28 bits per heavy atom. The fourth-order valence-corrected chi connectivity index (χ4v) is 1.30. The number of alkyl halides is 3. The molecule has 2 aromatic heterocycles. The van der Waals surface area contributed by atoms with Gasteiger partial charge in [0.1, 0.15) is 0 Å². The van der Waals surface area contributed by atoms with Gasteiger partial charge in [-0.05, 0) is 12.1 Å². The highest BCUT2D eigenvalue weighted by Gasteiger charge is 2.30. The summed E-state index contributed by atoms with van der Waals surface area (Å²) in [5.41, 5.74) is 4.86. The molecule has 9 heteroatoms. The van der Waals surface area contributed by atoms with Gasteiger partial charge in [-0.25, -0.2) is 9.67 Å². The average Bonchev–Trinajstić information content (AvgIpc) is 2.58. The largest absolute Gasteiger partial charge is 0.417 e. The topological polar surface area (TPSA) is 56.7 Å². The Morgan fingerprint density at radius 2 is 1.94 bits per heavy atom. The molecule has 0 saturated heterocycles. The molecular formula is C9H7Cl2F3N4. The Morgan fingerprint density at radius 3 is 2.33 bits per heavy atom. The number of hydrogen-bond acceptors (Lipinski definition) is 3. The highest BCUT2D eigenvalue weighted by Crippen LogP contribution is 2.28. The van der Waals surface area contributed by atoms with Crippen molar-refractivity contribution in [3.8, 4) is 5.82 Å². The summed E-state index contributed by atoms with van der Waals surface area (Å²) < 4.78 is 38.1. The van der Waals surface area contributed by atoms with Crippen molar-refractivity contribution in [1.82, 2.24) is 14.8 Å². The van der Waals surface area contributed by atoms with Crippen LogP contribution in [0.3, 0.4) is 0 Å². The molecule has 0 aromatic carbocycles. The third-order valence-electron chi connectivity index (χ3n) is 2.01. The van der Waals surface area contributed by atoms with Gasteiger partial charge in [-0.1, -0.05) is 11.6 Å². The summed E-state index contributed by atoms with van der Waals surface area (Å²) in [6.07, 6.45) is -2.31. The Bertz CT molecular complexity index is 516. The predicted molar refractivity (Wildman–Crippen MR) is 63.0 cm³/mol. The molecule has 0 saturated carbocycles. The lowest BCUT2D eigenvalue weighted by molar-refractivity contribution is -0.137. The van der Waals surface area contributed by atoms with E-state index in [0.717, 1.165) is 12.3 Å². The van der Waals surface area contributed by atoms with Gasteiger partial charge >= 0.3 is 6.18 Å². The van der Waals surface area contributed by atoms with Crippen LogP contribution in [0.4, 0.5) is 18.9 Å². The van der Waals surface area contributed by atoms with Gasteiger partial charge in [0.05, 0.1) is 17.4 Å². The van der Waals surface area contributed by atoms with E-state index < -0.39 is 11.7 Å². The summed E-state index contributed by atoms with van der Waals surface area (Å²) in [5, 5.41) is 3.86. The van der Waals surface area contributed by atoms with E-state index in [1.54, 1.807) is 0 Å². The molecule has 2 aromatic rings. The number of nitrogen functional groups attached to an aromatic ring is 1. The molecule has 2 N–H and O–H groups in total. The Hall–Kier alpha value is -1.47. The van der Waals surface area contributed by atoms with Crippen LogP contribution in [-0.2, 0) is 6.18 Å². The van der Waals surface area contributed by atoms with Crippen LogP contribution in [-0.4, -0.2) is 14.8 Å². The first-order valence-electron chi connectivity index (χ1n) is 4.42. The van der Waals surface area contributed by atoms with Gasteiger partial charge in [-0.3, -0.25) is 0 Å². The Balaban J connectivity index is 0.00000162. The molecule has 4 nitrogen and oxygen atoms in total. The molecule has 0 atom stereocenters. The number of nitrogens with two attached hydrogens (primary N) is 1. The van der Waals surface area contributed by atoms with E-state index >= 15 is 0 Å². The van der Waals surface area contributed by atoms with Gasteiger partial charge in [0.2, 0.25) is 0 Å². The number of anilines is 1. The second kappa shape index (κ2) is 5.03. The second-order valence-corrected chi connectivity index (χ2v) is 3.58.